The lowest BCUT2D eigenvalue weighted by Crippen LogP contribution is -2.31. The van der Waals surface area contributed by atoms with E-state index in [0.29, 0.717) is 12.1 Å². The first-order valence-electron chi connectivity index (χ1n) is 12.5. The van der Waals surface area contributed by atoms with Crippen LogP contribution in [0, 0.1) is 26.7 Å². The number of amides is 1. The molecular formula is C29H35F2NO4. The molecule has 36 heavy (non-hydrogen) atoms. The average Bonchev–Trinajstić information content (AvgIpc) is 3.38. The molecule has 7 heteroatoms. The van der Waals surface area contributed by atoms with Gasteiger partial charge in [-0.1, -0.05) is 29.8 Å². The number of ether oxygens (including phenoxy) is 1. The summed E-state index contributed by atoms with van der Waals surface area (Å²) >= 11 is 0. The highest BCUT2D eigenvalue weighted by Crippen LogP contribution is 2.45. The van der Waals surface area contributed by atoms with Gasteiger partial charge in [-0.05, 0) is 81.3 Å². The van der Waals surface area contributed by atoms with Gasteiger partial charge in [0.2, 0.25) is 11.8 Å². The summed E-state index contributed by atoms with van der Waals surface area (Å²) in [7, 11) is 0. The number of carbonyl (C=O) groups excluding carboxylic acids is 1. The van der Waals surface area contributed by atoms with E-state index in [4.69, 9.17) is 4.74 Å². The largest absolute Gasteiger partial charge is 0.479 e. The molecule has 2 aromatic rings. The maximum absolute atomic E-state index is 13.8. The van der Waals surface area contributed by atoms with Crippen LogP contribution in [0.3, 0.4) is 0 Å². The smallest absolute Gasteiger partial charge is 0.337 e. The van der Waals surface area contributed by atoms with Crippen molar-refractivity contribution in [1.82, 2.24) is 4.90 Å². The normalized spacial score (nSPS) is 19.9. The monoisotopic (exact) mass is 499 g/mol. The number of hydrogen-bond acceptors (Lipinski definition) is 3. The van der Waals surface area contributed by atoms with Crippen LogP contribution in [0.2, 0.25) is 0 Å². The minimum atomic E-state index is -2.79. The van der Waals surface area contributed by atoms with Gasteiger partial charge in [0.05, 0.1) is 5.60 Å². The number of hydrogen-bond donors (Lipinski definition) is 1. The number of fused-ring (bicyclic) bond motifs is 1. The van der Waals surface area contributed by atoms with E-state index in [0.717, 1.165) is 38.9 Å². The Hall–Kier alpha value is -2.80. The molecule has 1 amide bonds. The second-order valence-electron chi connectivity index (χ2n) is 11.3. The first kappa shape index (κ1) is 26.3. The van der Waals surface area contributed by atoms with Crippen LogP contribution in [-0.4, -0.2) is 33.4 Å². The van der Waals surface area contributed by atoms with Crippen molar-refractivity contribution < 1.29 is 28.2 Å². The van der Waals surface area contributed by atoms with Crippen LogP contribution in [0.25, 0.3) is 11.1 Å². The zero-order chi connectivity index (χ0) is 26.6. The number of carboxylic acids is 1. The minimum absolute atomic E-state index is 0.191. The number of nitrogens with zero attached hydrogens (tertiary/aromatic N) is 1. The third kappa shape index (κ3) is 5.03. The van der Waals surface area contributed by atoms with Crippen molar-refractivity contribution >= 4 is 11.9 Å². The Bertz CT molecular complexity index is 1200. The van der Waals surface area contributed by atoms with Gasteiger partial charge in [0.25, 0.3) is 0 Å². The second kappa shape index (κ2) is 9.25. The van der Waals surface area contributed by atoms with Gasteiger partial charge in [-0.3, -0.25) is 4.79 Å². The number of aryl methyl sites for hydroxylation is 1. The number of aliphatic carboxylic acids is 1. The summed E-state index contributed by atoms with van der Waals surface area (Å²) in [6.45, 7) is 11.9. The topological polar surface area (TPSA) is 66.8 Å². The fourth-order valence-electron chi connectivity index (χ4n) is 5.60. The molecule has 1 N–H and O–H groups in total. The lowest BCUT2D eigenvalue weighted by atomic mass is 9.83. The summed E-state index contributed by atoms with van der Waals surface area (Å²) in [5, 5.41) is 10.2. The number of benzene rings is 2. The number of carbonyl (C=O) groups is 2. The van der Waals surface area contributed by atoms with E-state index in [1.54, 1.807) is 4.90 Å². The lowest BCUT2D eigenvalue weighted by molar-refractivity contribution is -0.160. The van der Waals surface area contributed by atoms with Gasteiger partial charge >= 0.3 is 5.97 Å². The van der Waals surface area contributed by atoms with Crippen LogP contribution >= 0.6 is 0 Å². The molecule has 2 atom stereocenters. The number of alkyl halides is 2. The van der Waals surface area contributed by atoms with Gasteiger partial charge in [0.1, 0.15) is 0 Å². The van der Waals surface area contributed by atoms with Gasteiger partial charge in [-0.2, -0.15) is 0 Å². The van der Waals surface area contributed by atoms with Crippen LogP contribution in [0.4, 0.5) is 8.78 Å². The van der Waals surface area contributed by atoms with Crippen LogP contribution in [-0.2, 0) is 27.4 Å². The summed E-state index contributed by atoms with van der Waals surface area (Å²) in [6.07, 6.45) is -1.67. The summed E-state index contributed by atoms with van der Waals surface area (Å²) in [5.74, 6) is -4.80. The van der Waals surface area contributed by atoms with E-state index >= 15 is 0 Å². The first-order chi connectivity index (χ1) is 16.7. The SMILES string of the molecule is Cc1ccc(-c2c(C)c3c(c(C)c2[C@H](OC(C)(C)C)C(=O)O)CN(C(=O)C2CCC(F)(F)C2)C3)cc1. The molecule has 1 aliphatic carbocycles. The quantitative estimate of drug-likeness (QED) is 0.510. The Morgan fingerprint density at radius 3 is 2.14 bits per heavy atom. The predicted octanol–water partition coefficient (Wildman–Crippen LogP) is 6.50. The number of halogens is 2. The first-order valence-corrected chi connectivity index (χ1v) is 12.5. The Morgan fingerprint density at radius 1 is 1.06 bits per heavy atom. The predicted molar refractivity (Wildman–Crippen MR) is 134 cm³/mol. The van der Waals surface area contributed by atoms with Crippen LogP contribution < -0.4 is 0 Å². The summed E-state index contributed by atoms with van der Waals surface area (Å²) in [5.41, 5.74) is 6.15. The third-order valence-corrected chi connectivity index (χ3v) is 7.38. The van der Waals surface area contributed by atoms with Crippen molar-refractivity contribution in [3.63, 3.8) is 0 Å². The summed E-state index contributed by atoms with van der Waals surface area (Å²) in [6, 6.07) is 7.91. The summed E-state index contributed by atoms with van der Waals surface area (Å²) in [4.78, 5) is 27.4. The van der Waals surface area contributed by atoms with Crippen molar-refractivity contribution in [3.8, 4) is 11.1 Å². The Labute approximate surface area is 211 Å². The molecule has 0 aromatic heterocycles. The second-order valence-corrected chi connectivity index (χ2v) is 11.3. The van der Waals surface area contributed by atoms with Crippen molar-refractivity contribution in [2.75, 3.05) is 0 Å². The van der Waals surface area contributed by atoms with E-state index in [2.05, 4.69) is 0 Å². The highest BCUT2D eigenvalue weighted by Gasteiger charge is 2.45. The zero-order valence-electron chi connectivity index (χ0n) is 21.9. The van der Waals surface area contributed by atoms with E-state index in [1.807, 2.05) is 65.8 Å². The maximum Gasteiger partial charge on any atom is 0.337 e. The summed E-state index contributed by atoms with van der Waals surface area (Å²) < 4.78 is 33.7. The third-order valence-electron chi connectivity index (χ3n) is 7.38. The van der Waals surface area contributed by atoms with E-state index in [-0.39, 0.29) is 25.3 Å². The van der Waals surface area contributed by atoms with Gasteiger partial charge in [-0.25, -0.2) is 13.6 Å². The van der Waals surface area contributed by atoms with Crippen LogP contribution in [0.15, 0.2) is 24.3 Å². The van der Waals surface area contributed by atoms with Crippen molar-refractivity contribution in [3.05, 3.63) is 57.6 Å². The fourth-order valence-corrected chi connectivity index (χ4v) is 5.60. The molecule has 5 nitrogen and oxygen atoms in total. The van der Waals surface area contributed by atoms with E-state index in [1.165, 1.54) is 0 Å². The standard InChI is InChI=1S/C29H35F2NO4/c1-16-7-9-19(10-8-16)23-17(2)21-14-32(26(33)20-11-12-29(30,31)13-20)15-22(21)18(3)24(23)25(27(34)35)36-28(4,5)6/h7-10,20,25H,11-15H2,1-6H3,(H,34,35)/t20?,25-/m0/s1. The van der Waals surface area contributed by atoms with Gasteiger partial charge in [0.15, 0.2) is 6.10 Å². The van der Waals surface area contributed by atoms with E-state index < -0.39 is 35.9 Å². The Kier molecular flexibility index (Phi) is 6.75. The molecule has 2 aliphatic rings. The van der Waals surface area contributed by atoms with Crippen LogP contribution in [0.1, 0.15) is 79.5 Å². The molecule has 4 rings (SSSR count). The molecule has 0 saturated heterocycles. The number of carboxylic acid groups (broad SMARTS) is 1. The molecule has 1 aliphatic heterocycles. The lowest BCUT2D eigenvalue weighted by Gasteiger charge is -2.29. The molecule has 0 bridgehead atoms. The Morgan fingerprint density at radius 2 is 1.64 bits per heavy atom. The molecule has 0 spiro atoms. The highest BCUT2D eigenvalue weighted by molar-refractivity contribution is 5.85. The van der Waals surface area contributed by atoms with E-state index in [9.17, 15) is 23.5 Å². The van der Waals surface area contributed by atoms with Gasteiger partial charge in [0, 0.05) is 37.4 Å². The van der Waals surface area contributed by atoms with Crippen molar-refractivity contribution in [2.45, 2.75) is 91.5 Å². The highest BCUT2D eigenvalue weighted by atomic mass is 19.3. The molecule has 0 radical (unpaired) electrons. The fraction of sp³-hybridized carbons (Fsp3) is 0.517. The molecule has 2 aromatic carbocycles. The van der Waals surface area contributed by atoms with Gasteiger partial charge in [-0.15, -0.1) is 0 Å². The van der Waals surface area contributed by atoms with Gasteiger partial charge < -0.3 is 14.7 Å². The zero-order valence-corrected chi connectivity index (χ0v) is 21.9. The maximum atomic E-state index is 13.8. The molecule has 1 heterocycles. The average molecular weight is 500 g/mol. The van der Waals surface area contributed by atoms with Crippen molar-refractivity contribution in [1.29, 1.82) is 0 Å². The molecule has 1 fully saturated rings. The minimum Gasteiger partial charge on any atom is -0.479 e. The Balaban J connectivity index is 1.84. The number of rotatable bonds is 5. The molecule has 1 saturated carbocycles. The molecule has 194 valence electrons. The van der Waals surface area contributed by atoms with Crippen molar-refractivity contribution in [2.24, 2.45) is 5.92 Å². The molecular weight excluding hydrogens is 464 g/mol. The molecule has 1 unspecified atom stereocenters. The van der Waals surface area contributed by atoms with Crippen LogP contribution in [0.5, 0.6) is 0 Å².